The molecule has 0 aliphatic carbocycles. The average molecular weight is 1120 g/mol. The average Bonchev–Trinajstić information content (AvgIpc) is 3.45. The van der Waals surface area contributed by atoms with E-state index in [9.17, 15) is 35.9 Å². The van der Waals surface area contributed by atoms with E-state index in [-0.39, 0.29) is 11.1 Å². The molecule has 0 atom stereocenters. The van der Waals surface area contributed by atoms with Gasteiger partial charge < -0.3 is 26.2 Å². The van der Waals surface area contributed by atoms with Crippen LogP contribution in [0.2, 0.25) is 0 Å². The summed E-state index contributed by atoms with van der Waals surface area (Å²) in [6.07, 6.45) is 3.57. The monoisotopic (exact) mass is 1120 g/mol. The number of carbonyl (C=O) groups is 2. The molecule has 8 aromatic rings. The van der Waals surface area contributed by atoms with Gasteiger partial charge >= 0.3 is 12.4 Å². The van der Waals surface area contributed by atoms with Gasteiger partial charge in [0.1, 0.15) is 17.2 Å². The molecule has 2 fully saturated rings. The molecule has 22 heteroatoms. The number of carbonyl (C=O) groups excluding carboxylic acids is 2. The highest BCUT2D eigenvalue weighted by Crippen LogP contribution is 2.34. The number of halogens is 6. The Kier molecular flexibility index (Phi) is 18.5. The molecule has 0 spiro atoms. The van der Waals surface area contributed by atoms with Crippen LogP contribution in [-0.2, 0) is 18.8 Å². The van der Waals surface area contributed by atoms with Crippen LogP contribution < -0.4 is 16.4 Å². The molecular formula is C58H61F6N13O2S. The third-order valence-electron chi connectivity index (χ3n) is 14.0. The Hall–Kier alpha value is -7.53. The zero-order valence-corrected chi connectivity index (χ0v) is 46.1. The molecule has 8 heterocycles. The van der Waals surface area contributed by atoms with E-state index in [4.69, 9.17) is 15.7 Å². The molecule has 0 radical (unpaired) electrons. The van der Waals surface area contributed by atoms with Gasteiger partial charge in [0.05, 0.1) is 0 Å². The zero-order valence-electron chi connectivity index (χ0n) is 45.3. The molecule has 15 nitrogen and oxygen atoms in total. The zero-order chi connectivity index (χ0) is 57.5. The van der Waals surface area contributed by atoms with Gasteiger partial charge in [-0.25, -0.2) is 29.9 Å². The quantitative estimate of drug-likeness (QED) is 0.0702. The number of hydrogen-bond acceptors (Lipinski definition) is 14. The summed E-state index contributed by atoms with van der Waals surface area (Å²) in [4.78, 5) is 64.0. The Morgan fingerprint density at radius 1 is 0.588 bits per heavy atom. The summed E-state index contributed by atoms with van der Waals surface area (Å²) in [5.74, 6) is 0.0647. The molecular weight excluding hydrogens is 1060 g/mol. The molecule has 418 valence electrons. The van der Waals surface area contributed by atoms with E-state index in [1.54, 1.807) is 30.5 Å². The first-order valence-corrected chi connectivity index (χ1v) is 27.1. The molecule has 10 rings (SSSR count). The van der Waals surface area contributed by atoms with Crippen molar-refractivity contribution in [1.29, 1.82) is 0 Å². The first kappa shape index (κ1) is 58.6. The van der Waals surface area contributed by atoms with Crippen molar-refractivity contribution < 1.29 is 35.9 Å². The van der Waals surface area contributed by atoms with Crippen LogP contribution in [-0.4, -0.2) is 114 Å². The number of piperidine rings is 2. The largest absolute Gasteiger partial charge is 0.433 e. The van der Waals surface area contributed by atoms with Crippen molar-refractivity contribution in [3.8, 4) is 22.3 Å². The number of pyridine rings is 4. The van der Waals surface area contributed by atoms with Crippen LogP contribution in [0.5, 0.6) is 0 Å². The minimum atomic E-state index is -4.63. The fraction of sp³-hybridized carbons (Fsp3) is 0.345. The molecule has 2 aliphatic heterocycles. The Morgan fingerprint density at radius 2 is 1.04 bits per heavy atom. The minimum absolute atomic E-state index is 0.129. The SMILES string of the molecule is CN1CCC(N)CC1.CSc1ncc2cc(-c3cc(NC(=O)c4ccnc(C(F)(F)F)c4)ccc3C)c(C)nc2n1.Cc1ccc(NC(=O)c2ccnc(C(F)(F)F)c2)cc1-c1cc2cnc(CC3CCN(C)CC3)nc2nc1C. The lowest BCUT2D eigenvalue weighted by Gasteiger charge is -2.28. The Labute approximate surface area is 463 Å². The van der Waals surface area contributed by atoms with Gasteiger partial charge in [0.15, 0.2) is 16.5 Å². The van der Waals surface area contributed by atoms with Gasteiger partial charge in [0.25, 0.3) is 11.8 Å². The summed E-state index contributed by atoms with van der Waals surface area (Å²) in [7, 11) is 4.29. The highest BCUT2D eigenvalue weighted by atomic mass is 32.2. The summed E-state index contributed by atoms with van der Waals surface area (Å²) in [5.41, 5.74) is 12.1. The number of rotatable bonds is 9. The number of likely N-dealkylation sites (tertiary alicyclic amines) is 2. The number of amides is 2. The second-order valence-electron chi connectivity index (χ2n) is 20.1. The number of hydrogen-bond donors (Lipinski definition) is 3. The lowest BCUT2D eigenvalue weighted by Crippen LogP contribution is -2.37. The van der Waals surface area contributed by atoms with Gasteiger partial charge in [-0.1, -0.05) is 23.9 Å². The molecule has 2 aliphatic rings. The smallest absolute Gasteiger partial charge is 0.328 e. The van der Waals surface area contributed by atoms with E-state index in [2.05, 4.69) is 64.4 Å². The van der Waals surface area contributed by atoms with Gasteiger partial charge in [-0.05, 0) is 189 Å². The first-order valence-electron chi connectivity index (χ1n) is 25.9. The number of anilines is 2. The second kappa shape index (κ2) is 25.3. The van der Waals surface area contributed by atoms with Crippen molar-refractivity contribution >= 4 is 57.0 Å². The second-order valence-corrected chi connectivity index (χ2v) is 20.9. The van der Waals surface area contributed by atoms with Crippen LogP contribution in [0.4, 0.5) is 37.7 Å². The summed E-state index contributed by atoms with van der Waals surface area (Å²) >= 11 is 1.43. The topological polar surface area (TPSA) is 194 Å². The van der Waals surface area contributed by atoms with Crippen molar-refractivity contribution in [2.75, 3.05) is 57.2 Å². The molecule has 0 saturated carbocycles. The Bertz CT molecular complexity index is 3520. The molecule has 2 aromatic carbocycles. The number of nitrogens with zero attached hydrogens (tertiary/aromatic N) is 10. The van der Waals surface area contributed by atoms with Crippen LogP contribution >= 0.6 is 11.8 Å². The Morgan fingerprint density at radius 3 is 1.49 bits per heavy atom. The van der Waals surface area contributed by atoms with E-state index in [0.717, 1.165) is 118 Å². The van der Waals surface area contributed by atoms with Gasteiger partial charge in [0, 0.05) is 93.0 Å². The maximum Gasteiger partial charge on any atom is 0.433 e. The molecule has 4 N–H and O–H groups in total. The van der Waals surface area contributed by atoms with Gasteiger partial charge in [0.2, 0.25) is 0 Å². The van der Waals surface area contributed by atoms with E-state index >= 15 is 0 Å². The normalized spacial score (nSPS) is 14.7. The minimum Gasteiger partial charge on any atom is -0.328 e. The van der Waals surface area contributed by atoms with Crippen molar-refractivity contribution in [1.82, 2.24) is 49.7 Å². The summed E-state index contributed by atoms with van der Waals surface area (Å²) in [5, 5.41) is 7.58. The molecule has 80 heavy (non-hydrogen) atoms. The summed E-state index contributed by atoms with van der Waals surface area (Å²) in [6.45, 7) is 12.2. The van der Waals surface area contributed by atoms with Gasteiger partial charge in [-0.15, -0.1) is 0 Å². The number of nitrogens with one attached hydrogen (secondary N) is 2. The first-order chi connectivity index (χ1) is 38.0. The summed E-state index contributed by atoms with van der Waals surface area (Å²) < 4.78 is 77.8. The summed E-state index contributed by atoms with van der Waals surface area (Å²) in [6, 6.07) is 19.0. The number of alkyl halides is 6. The molecule has 6 aromatic heterocycles. The number of aryl methyl sites for hydroxylation is 4. The van der Waals surface area contributed by atoms with Gasteiger partial charge in [-0.2, -0.15) is 26.3 Å². The van der Waals surface area contributed by atoms with E-state index in [1.807, 2.05) is 64.4 Å². The van der Waals surface area contributed by atoms with Crippen LogP contribution in [0.1, 0.15) is 86.1 Å². The number of fused-ring (bicyclic) bond motifs is 2. The van der Waals surface area contributed by atoms with Crippen molar-refractivity contribution in [3.05, 3.63) is 148 Å². The van der Waals surface area contributed by atoms with E-state index in [1.165, 1.54) is 49.8 Å². The van der Waals surface area contributed by atoms with Crippen LogP contribution in [0.25, 0.3) is 44.3 Å². The molecule has 0 bridgehead atoms. The van der Waals surface area contributed by atoms with E-state index < -0.39 is 35.6 Å². The predicted octanol–water partition coefficient (Wildman–Crippen LogP) is 11.6. The molecule has 2 saturated heterocycles. The lowest BCUT2D eigenvalue weighted by molar-refractivity contribution is -0.142. The highest BCUT2D eigenvalue weighted by Gasteiger charge is 2.34. The third-order valence-corrected chi connectivity index (χ3v) is 14.6. The maximum atomic E-state index is 13.0. The molecule has 2 amide bonds. The van der Waals surface area contributed by atoms with Crippen LogP contribution in [0.15, 0.2) is 103 Å². The number of benzene rings is 2. The highest BCUT2D eigenvalue weighted by molar-refractivity contribution is 7.98. The fourth-order valence-corrected chi connectivity index (χ4v) is 9.60. The predicted molar refractivity (Wildman–Crippen MR) is 299 cm³/mol. The standard InChI is InChI=1S/C29H29F3N6O.C23H18F3N5OS.C6H14N2/c1-17-4-5-22(36-28(39)20-6-9-33-25(14-20)29(30,31)32)15-23(17)24-13-21-16-34-26(37-27(21)35-18(24)2)12-19-7-10-38(3)11-8-19;1-12-4-5-16(30-21(32)14-6-7-27-19(9-14)23(24,25)26)10-17(12)18-8-15-11-28-22(33-3)31-20(15)29-13(18)2;1-8-4-2-6(7)3-5-8/h4-6,9,13-16,19H,7-8,10-12H2,1-3H3,(H,36,39);4-11H,1-3H3,(H,30,32);6H,2-5,7H2,1H3. The number of nitrogens with two attached hydrogens (primary N) is 1. The van der Waals surface area contributed by atoms with Gasteiger partial charge in [-0.3, -0.25) is 19.6 Å². The third kappa shape index (κ3) is 15.0. The van der Waals surface area contributed by atoms with Crippen molar-refractivity contribution in [2.45, 2.75) is 83.3 Å². The van der Waals surface area contributed by atoms with Crippen LogP contribution in [0.3, 0.4) is 0 Å². The number of aromatic nitrogens is 8. The van der Waals surface area contributed by atoms with E-state index in [0.29, 0.717) is 39.8 Å². The van der Waals surface area contributed by atoms with Crippen molar-refractivity contribution in [3.63, 3.8) is 0 Å². The maximum absolute atomic E-state index is 13.0. The molecule has 0 unspecified atom stereocenters. The van der Waals surface area contributed by atoms with Crippen LogP contribution in [0, 0.1) is 33.6 Å². The number of thioether (sulfide) groups is 1. The fourth-order valence-electron chi connectivity index (χ4n) is 9.26. The van der Waals surface area contributed by atoms with Crippen molar-refractivity contribution in [2.24, 2.45) is 11.7 Å². The lowest BCUT2D eigenvalue weighted by atomic mass is 9.93. The Balaban J connectivity index is 0.000000186.